The first kappa shape index (κ1) is 27.4. The van der Waals surface area contributed by atoms with E-state index in [4.69, 9.17) is 18.9 Å². The topological polar surface area (TPSA) is 54.0 Å². The predicted molar refractivity (Wildman–Crippen MR) is 118 cm³/mol. The van der Waals surface area contributed by atoms with E-state index in [9.17, 15) is 4.79 Å². The Balaban J connectivity index is 4.94. The Hall–Kier alpha value is -0.560. The first-order valence-electron chi connectivity index (χ1n) is 10.9. The minimum absolute atomic E-state index is 0.0688. The lowest BCUT2D eigenvalue weighted by atomic mass is 9.93. The van der Waals surface area contributed by atoms with Gasteiger partial charge in [-0.25, -0.2) is 4.79 Å². The van der Waals surface area contributed by atoms with Gasteiger partial charge in [-0.3, -0.25) is 0 Å². The average molecular weight is 419 g/mol. The lowest BCUT2D eigenvalue weighted by Gasteiger charge is -2.39. The standard InChI is InChI=1S/C22H42O5S/c1-6-14-20(28)17-12-11-15-19(16-13-18-24-21(23)7-2)22(25-8-3,26-9-4)27-10-5/h7,19-20,28H,2,6,8-18H2,1,3-5H3. The Bertz CT molecular complexity index is 385. The van der Waals surface area contributed by atoms with Crippen molar-refractivity contribution in [3.8, 4) is 0 Å². The molecule has 0 saturated carbocycles. The highest BCUT2D eigenvalue weighted by molar-refractivity contribution is 7.80. The van der Waals surface area contributed by atoms with Gasteiger partial charge in [-0.2, -0.15) is 12.6 Å². The highest BCUT2D eigenvalue weighted by Crippen LogP contribution is 2.34. The summed E-state index contributed by atoms with van der Waals surface area (Å²) in [6.07, 6.45) is 9.27. The summed E-state index contributed by atoms with van der Waals surface area (Å²) in [6.45, 7) is 13.4. The second-order valence-electron chi connectivity index (χ2n) is 6.84. The maximum atomic E-state index is 11.3. The van der Waals surface area contributed by atoms with Crippen molar-refractivity contribution in [1.82, 2.24) is 0 Å². The number of unbranched alkanes of at least 4 members (excludes halogenated alkanes) is 1. The van der Waals surface area contributed by atoms with Crippen molar-refractivity contribution in [2.45, 2.75) is 90.3 Å². The summed E-state index contributed by atoms with van der Waals surface area (Å²) in [5.41, 5.74) is 0. The van der Waals surface area contributed by atoms with Crippen molar-refractivity contribution in [1.29, 1.82) is 0 Å². The number of ether oxygens (including phenoxy) is 4. The molecule has 0 fully saturated rings. The van der Waals surface area contributed by atoms with Gasteiger partial charge in [-0.1, -0.05) is 32.8 Å². The Morgan fingerprint density at radius 3 is 1.96 bits per heavy atom. The molecule has 0 aliphatic carbocycles. The average Bonchev–Trinajstić information content (AvgIpc) is 2.67. The van der Waals surface area contributed by atoms with E-state index >= 15 is 0 Å². The maximum absolute atomic E-state index is 11.3. The van der Waals surface area contributed by atoms with Crippen molar-refractivity contribution in [2.24, 2.45) is 5.92 Å². The fraction of sp³-hybridized carbons (Fsp3) is 0.864. The van der Waals surface area contributed by atoms with Crippen LogP contribution in [0.1, 0.15) is 79.1 Å². The van der Waals surface area contributed by atoms with Crippen LogP contribution >= 0.6 is 12.6 Å². The first-order chi connectivity index (χ1) is 13.5. The van der Waals surface area contributed by atoms with Gasteiger partial charge in [0.25, 0.3) is 5.97 Å². The fourth-order valence-corrected chi connectivity index (χ4v) is 3.83. The van der Waals surface area contributed by atoms with Gasteiger partial charge in [-0.05, 0) is 52.9 Å². The molecule has 0 aliphatic rings. The Kier molecular flexibility index (Phi) is 17.0. The van der Waals surface area contributed by atoms with Crippen LogP contribution < -0.4 is 0 Å². The van der Waals surface area contributed by atoms with Gasteiger partial charge in [0.15, 0.2) is 0 Å². The summed E-state index contributed by atoms with van der Waals surface area (Å²) in [5.74, 6) is -1.36. The first-order valence-corrected chi connectivity index (χ1v) is 11.4. The molecule has 0 aromatic heterocycles. The number of hydrogen-bond acceptors (Lipinski definition) is 6. The monoisotopic (exact) mass is 418 g/mol. The normalized spacial score (nSPS) is 13.9. The number of carbonyl (C=O) groups is 1. The Morgan fingerprint density at radius 2 is 1.46 bits per heavy atom. The molecule has 0 saturated heterocycles. The molecule has 28 heavy (non-hydrogen) atoms. The number of esters is 1. The van der Waals surface area contributed by atoms with Gasteiger partial charge in [0.05, 0.1) is 6.61 Å². The number of carbonyl (C=O) groups excluding carboxylic acids is 1. The molecule has 6 heteroatoms. The minimum Gasteiger partial charge on any atom is -0.463 e. The van der Waals surface area contributed by atoms with E-state index in [1.807, 2.05) is 20.8 Å². The molecule has 5 nitrogen and oxygen atoms in total. The molecule has 166 valence electrons. The molecule has 0 heterocycles. The molecule has 0 rings (SSSR count). The fourth-order valence-electron chi connectivity index (χ4n) is 3.39. The molecular formula is C22H42O5S. The smallest absolute Gasteiger partial charge is 0.330 e. The Labute approximate surface area is 177 Å². The molecule has 0 aromatic carbocycles. The van der Waals surface area contributed by atoms with E-state index in [0.717, 1.165) is 44.9 Å². The molecular weight excluding hydrogens is 376 g/mol. The van der Waals surface area contributed by atoms with Crippen LogP contribution in [0.2, 0.25) is 0 Å². The lowest BCUT2D eigenvalue weighted by Crippen LogP contribution is -2.47. The van der Waals surface area contributed by atoms with Gasteiger partial charge in [0, 0.05) is 37.1 Å². The molecule has 0 aliphatic heterocycles. The predicted octanol–water partition coefficient (Wildman–Crippen LogP) is 5.53. The molecule has 0 spiro atoms. The molecule has 0 amide bonds. The molecule has 0 bridgehead atoms. The van der Waals surface area contributed by atoms with Crippen LogP contribution in [-0.2, 0) is 23.7 Å². The van der Waals surface area contributed by atoms with E-state index in [1.54, 1.807) is 0 Å². The third-order valence-electron chi connectivity index (χ3n) is 4.61. The largest absolute Gasteiger partial charge is 0.463 e. The third kappa shape index (κ3) is 11.4. The van der Waals surface area contributed by atoms with Gasteiger partial charge in [0.1, 0.15) is 0 Å². The van der Waals surface area contributed by atoms with Crippen LogP contribution in [0.3, 0.4) is 0 Å². The van der Waals surface area contributed by atoms with E-state index in [-0.39, 0.29) is 5.92 Å². The summed E-state index contributed by atoms with van der Waals surface area (Å²) in [5, 5.41) is 0.470. The Morgan fingerprint density at radius 1 is 0.929 bits per heavy atom. The lowest BCUT2D eigenvalue weighted by molar-refractivity contribution is -0.403. The summed E-state index contributed by atoms with van der Waals surface area (Å²) in [6, 6.07) is 0. The van der Waals surface area contributed by atoms with Crippen LogP contribution in [0.15, 0.2) is 12.7 Å². The van der Waals surface area contributed by atoms with Crippen molar-refractivity contribution in [2.75, 3.05) is 26.4 Å². The maximum Gasteiger partial charge on any atom is 0.330 e. The van der Waals surface area contributed by atoms with E-state index in [2.05, 4.69) is 26.1 Å². The molecule has 0 aromatic rings. The second kappa shape index (κ2) is 17.3. The van der Waals surface area contributed by atoms with E-state index in [1.165, 1.54) is 12.5 Å². The summed E-state index contributed by atoms with van der Waals surface area (Å²) in [4.78, 5) is 11.3. The highest BCUT2D eigenvalue weighted by atomic mass is 32.1. The third-order valence-corrected chi connectivity index (χ3v) is 5.12. The summed E-state index contributed by atoms with van der Waals surface area (Å²) in [7, 11) is 0. The zero-order valence-corrected chi connectivity index (χ0v) is 19.3. The molecule has 0 radical (unpaired) electrons. The molecule has 0 N–H and O–H groups in total. The van der Waals surface area contributed by atoms with Crippen LogP contribution in [0.5, 0.6) is 0 Å². The minimum atomic E-state index is -1.04. The van der Waals surface area contributed by atoms with Gasteiger partial charge < -0.3 is 18.9 Å². The van der Waals surface area contributed by atoms with E-state index in [0.29, 0.717) is 31.7 Å². The van der Waals surface area contributed by atoms with Crippen molar-refractivity contribution >= 4 is 18.6 Å². The van der Waals surface area contributed by atoms with Crippen LogP contribution in [0.25, 0.3) is 0 Å². The van der Waals surface area contributed by atoms with Crippen LogP contribution in [0, 0.1) is 5.92 Å². The van der Waals surface area contributed by atoms with Gasteiger partial charge >= 0.3 is 5.97 Å². The highest BCUT2D eigenvalue weighted by Gasteiger charge is 2.41. The number of rotatable bonds is 19. The zero-order valence-electron chi connectivity index (χ0n) is 18.4. The summed E-state index contributed by atoms with van der Waals surface area (Å²) < 4.78 is 23.1. The van der Waals surface area contributed by atoms with Crippen molar-refractivity contribution in [3.63, 3.8) is 0 Å². The SMILES string of the molecule is C=CC(=O)OCCCC(CCCCC(S)CCC)C(OCC)(OCC)OCC. The van der Waals surface area contributed by atoms with E-state index < -0.39 is 11.9 Å². The van der Waals surface area contributed by atoms with Gasteiger partial charge in [-0.15, -0.1) is 0 Å². The number of hydrogen-bond donors (Lipinski definition) is 1. The summed E-state index contributed by atoms with van der Waals surface area (Å²) >= 11 is 4.66. The van der Waals surface area contributed by atoms with Crippen LogP contribution in [-0.4, -0.2) is 43.6 Å². The van der Waals surface area contributed by atoms with Crippen molar-refractivity contribution in [3.05, 3.63) is 12.7 Å². The van der Waals surface area contributed by atoms with Gasteiger partial charge in [0.2, 0.25) is 0 Å². The zero-order chi connectivity index (χ0) is 21.3. The quantitative estimate of drug-likeness (QED) is 0.0982. The molecule has 2 unspecified atom stereocenters. The van der Waals surface area contributed by atoms with Crippen molar-refractivity contribution < 1.29 is 23.7 Å². The molecule has 2 atom stereocenters. The number of thiol groups is 1. The second-order valence-corrected chi connectivity index (χ2v) is 7.57. The van der Waals surface area contributed by atoms with Crippen LogP contribution in [0.4, 0.5) is 0 Å².